The lowest BCUT2D eigenvalue weighted by atomic mass is 10.0. The Balaban J connectivity index is 2.53. The highest BCUT2D eigenvalue weighted by molar-refractivity contribution is 5.89. The molecule has 68 valence electrons. The van der Waals surface area contributed by atoms with Crippen LogP contribution in [-0.4, -0.2) is 17.0 Å². The molecule has 0 bridgehead atoms. The highest BCUT2D eigenvalue weighted by Crippen LogP contribution is 2.28. The van der Waals surface area contributed by atoms with Gasteiger partial charge in [0.2, 0.25) is 0 Å². The summed E-state index contributed by atoms with van der Waals surface area (Å²) >= 11 is 0. The lowest BCUT2D eigenvalue weighted by Gasteiger charge is -2.08. The van der Waals surface area contributed by atoms with Gasteiger partial charge in [0.05, 0.1) is 6.10 Å². The molecule has 0 heterocycles. The zero-order chi connectivity index (χ0) is 9.14. The number of nitrogens with two attached hydrogens (primary N) is 2. The molecule has 6 N–H and O–H groups in total. The molecule has 1 aliphatic carbocycles. The first-order valence-corrected chi connectivity index (χ1v) is 4.08. The Hall–Kier alpha value is -1.03. The Morgan fingerprint density at radius 3 is 2.50 bits per heavy atom. The van der Waals surface area contributed by atoms with Crippen LogP contribution in [0.2, 0.25) is 0 Å². The summed E-state index contributed by atoms with van der Waals surface area (Å²) in [6, 6.07) is 0. The van der Waals surface area contributed by atoms with Crippen LogP contribution in [0.25, 0.3) is 0 Å². The van der Waals surface area contributed by atoms with Gasteiger partial charge in [-0.25, -0.2) is 0 Å². The minimum absolute atomic E-state index is 0.0195. The van der Waals surface area contributed by atoms with E-state index in [4.69, 9.17) is 16.9 Å². The van der Waals surface area contributed by atoms with Crippen molar-refractivity contribution in [2.75, 3.05) is 0 Å². The van der Waals surface area contributed by atoms with Crippen molar-refractivity contribution in [2.24, 2.45) is 17.4 Å². The lowest BCUT2D eigenvalue weighted by Crippen LogP contribution is -2.15. The van der Waals surface area contributed by atoms with Gasteiger partial charge in [-0.15, -0.1) is 0 Å². The Labute approximate surface area is 71.8 Å². The first-order valence-electron chi connectivity index (χ1n) is 4.08. The van der Waals surface area contributed by atoms with Gasteiger partial charge in [0.25, 0.3) is 0 Å². The van der Waals surface area contributed by atoms with E-state index in [2.05, 4.69) is 0 Å². The number of allylic oxidation sites excluding steroid dienone is 1. The molecule has 1 aliphatic rings. The third-order valence-corrected chi connectivity index (χ3v) is 2.20. The van der Waals surface area contributed by atoms with Gasteiger partial charge in [-0.3, -0.25) is 5.41 Å². The van der Waals surface area contributed by atoms with Gasteiger partial charge >= 0.3 is 0 Å². The van der Waals surface area contributed by atoms with Crippen molar-refractivity contribution >= 4 is 5.84 Å². The Kier molecular flexibility index (Phi) is 2.70. The molecule has 0 aromatic heterocycles. The maximum absolute atomic E-state index is 9.21. The van der Waals surface area contributed by atoms with Gasteiger partial charge in [-0.2, -0.15) is 0 Å². The molecule has 0 radical (unpaired) electrons. The first-order chi connectivity index (χ1) is 5.59. The molecule has 4 heteroatoms. The molecule has 0 spiro atoms. The zero-order valence-electron chi connectivity index (χ0n) is 6.96. The highest BCUT2D eigenvalue weighted by atomic mass is 16.3. The van der Waals surface area contributed by atoms with E-state index in [0.717, 1.165) is 12.8 Å². The van der Waals surface area contributed by atoms with Crippen LogP contribution in [0, 0.1) is 11.3 Å². The SMILES string of the molecule is N=C(N)/C=C(\N)C1CCC(O)C1. The largest absolute Gasteiger partial charge is 0.402 e. The number of aliphatic hydroxyl groups excluding tert-OH is 1. The van der Waals surface area contributed by atoms with Crippen molar-refractivity contribution in [3.63, 3.8) is 0 Å². The predicted molar refractivity (Wildman–Crippen MR) is 47.5 cm³/mol. The average Bonchev–Trinajstić information content (AvgIpc) is 2.34. The summed E-state index contributed by atoms with van der Waals surface area (Å²) < 4.78 is 0. The molecule has 2 unspecified atom stereocenters. The maximum Gasteiger partial charge on any atom is 0.117 e. The summed E-state index contributed by atoms with van der Waals surface area (Å²) in [5, 5.41) is 16.2. The molecule has 0 aromatic rings. The molecule has 12 heavy (non-hydrogen) atoms. The maximum atomic E-state index is 9.21. The van der Waals surface area contributed by atoms with Crippen LogP contribution in [0.15, 0.2) is 11.8 Å². The minimum Gasteiger partial charge on any atom is -0.402 e. The van der Waals surface area contributed by atoms with Crippen LogP contribution in [0.3, 0.4) is 0 Å². The van der Waals surface area contributed by atoms with E-state index in [9.17, 15) is 5.11 Å². The molecular weight excluding hydrogens is 154 g/mol. The molecule has 2 atom stereocenters. The number of nitrogens with one attached hydrogen (secondary N) is 1. The van der Waals surface area contributed by atoms with Crippen molar-refractivity contribution in [3.05, 3.63) is 11.8 Å². The first kappa shape index (κ1) is 9.06. The molecule has 1 saturated carbocycles. The number of rotatable bonds is 2. The van der Waals surface area contributed by atoms with Crippen LogP contribution in [0.5, 0.6) is 0 Å². The Morgan fingerprint density at radius 2 is 2.08 bits per heavy atom. The summed E-state index contributed by atoms with van der Waals surface area (Å²) in [4.78, 5) is 0. The third-order valence-electron chi connectivity index (χ3n) is 2.20. The van der Waals surface area contributed by atoms with Gasteiger partial charge in [0, 0.05) is 11.6 Å². The van der Waals surface area contributed by atoms with E-state index in [1.165, 1.54) is 6.08 Å². The second-order valence-corrected chi connectivity index (χ2v) is 3.26. The van der Waals surface area contributed by atoms with E-state index < -0.39 is 0 Å². The summed E-state index contributed by atoms with van der Waals surface area (Å²) in [6.45, 7) is 0. The number of amidine groups is 1. The van der Waals surface area contributed by atoms with E-state index in [0.29, 0.717) is 12.1 Å². The van der Waals surface area contributed by atoms with Crippen LogP contribution in [-0.2, 0) is 0 Å². The fourth-order valence-corrected chi connectivity index (χ4v) is 1.56. The molecule has 1 fully saturated rings. The van der Waals surface area contributed by atoms with E-state index in [1.807, 2.05) is 0 Å². The van der Waals surface area contributed by atoms with Crippen molar-refractivity contribution in [1.29, 1.82) is 5.41 Å². The topological polar surface area (TPSA) is 96.1 Å². The van der Waals surface area contributed by atoms with E-state index >= 15 is 0 Å². The van der Waals surface area contributed by atoms with Crippen LogP contribution in [0.4, 0.5) is 0 Å². The average molecular weight is 169 g/mol. The van der Waals surface area contributed by atoms with Crippen molar-refractivity contribution in [1.82, 2.24) is 0 Å². The highest BCUT2D eigenvalue weighted by Gasteiger charge is 2.24. The van der Waals surface area contributed by atoms with E-state index in [1.54, 1.807) is 0 Å². The monoisotopic (exact) mass is 169 g/mol. The molecule has 1 rings (SSSR count). The number of hydrogen-bond acceptors (Lipinski definition) is 3. The van der Waals surface area contributed by atoms with Crippen LogP contribution in [0.1, 0.15) is 19.3 Å². The standard InChI is InChI=1S/C8H15N3O/c9-7(4-8(10)11)5-1-2-6(12)3-5/h4-6,12H,1-3,9H2,(H3,10,11)/b7-4-. The Morgan fingerprint density at radius 1 is 1.42 bits per heavy atom. The summed E-state index contributed by atoms with van der Waals surface area (Å²) in [5.41, 5.74) is 11.5. The summed E-state index contributed by atoms with van der Waals surface area (Å²) in [5.74, 6) is 0.192. The van der Waals surface area contributed by atoms with Crippen molar-refractivity contribution in [3.8, 4) is 0 Å². The molecule has 0 aliphatic heterocycles. The second kappa shape index (κ2) is 3.58. The molecule has 0 amide bonds. The second-order valence-electron chi connectivity index (χ2n) is 3.26. The minimum atomic E-state index is -0.228. The fourth-order valence-electron chi connectivity index (χ4n) is 1.56. The van der Waals surface area contributed by atoms with Crippen LogP contribution < -0.4 is 11.5 Å². The van der Waals surface area contributed by atoms with Crippen LogP contribution >= 0.6 is 0 Å². The molecule has 0 aromatic carbocycles. The fraction of sp³-hybridized carbons (Fsp3) is 0.625. The van der Waals surface area contributed by atoms with Gasteiger partial charge in [0.15, 0.2) is 0 Å². The summed E-state index contributed by atoms with van der Waals surface area (Å²) in [6.07, 6.45) is 3.64. The van der Waals surface area contributed by atoms with Crippen molar-refractivity contribution < 1.29 is 5.11 Å². The van der Waals surface area contributed by atoms with Gasteiger partial charge in [0.1, 0.15) is 5.84 Å². The van der Waals surface area contributed by atoms with Gasteiger partial charge in [-0.05, 0) is 25.3 Å². The Bertz CT molecular complexity index is 212. The quantitative estimate of drug-likeness (QED) is 0.344. The lowest BCUT2D eigenvalue weighted by molar-refractivity contribution is 0.179. The van der Waals surface area contributed by atoms with Crippen molar-refractivity contribution in [2.45, 2.75) is 25.4 Å². The third kappa shape index (κ3) is 2.23. The number of aliphatic hydroxyl groups is 1. The smallest absolute Gasteiger partial charge is 0.117 e. The molecular formula is C8H15N3O. The zero-order valence-corrected chi connectivity index (χ0v) is 6.96. The van der Waals surface area contributed by atoms with Gasteiger partial charge in [-0.1, -0.05) is 0 Å². The van der Waals surface area contributed by atoms with Gasteiger partial charge < -0.3 is 16.6 Å². The molecule has 0 saturated heterocycles. The van der Waals surface area contributed by atoms with E-state index in [-0.39, 0.29) is 17.9 Å². The summed E-state index contributed by atoms with van der Waals surface area (Å²) in [7, 11) is 0. The molecule has 4 nitrogen and oxygen atoms in total. The predicted octanol–water partition coefficient (Wildman–Crippen LogP) is -0.0740. The normalized spacial score (nSPS) is 30.6. The number of hydrogen-bond donors (Lipinski definition) is 4.